The normalized spacial score (nSPS) is 22.4. The first kappa shape index (κ1) is 17.1. The highest BCUT2D eigenvalue weighted by atomic mass is 32.2. The Kier molecular flexibility index (Phi) is 6.59. The third-order valence-corrected chi connectivity index (χ3v) is 4.89. The number of rotatable bonds is 8. The van der Waals surface area contributed by atoms with Crippen molar-refractivity contribution in [2.45, 2.75) is 63.5 Å². The molecule has 0 saturated carbocycles. The second-order valence-electron chi connectivity index (χ2n) is 5.35. The maximum absolute atomic E-state index is 11.8. The Morgan fingerprint density at radius 3 is 2.45 bits per heavy atom. The lowest BCUT2D eigenvalue weighted by molar-refractivity contribution is -0.137. The van der Waals surface area contributed by atoms with Gasteiger partial charge in [-0.2, -0.15) is 0 Å². The first-order chi connectivity index (χ1) is 9.46. The van der Waals surface area contributed by atoms with Crippen LogP contribution in [0.25, 0.3) is 0 Å². The number of methoxy groups -OCH3 is 1. The molecule has 20 heavy (non-hydrogen) atoms. The smallest absolute Gasteiger partial charge is 0.345 e. The SMILES string of the molecule is CCCCCCCCC1(C)SC(=O)C(C(=O)OC)=C1O. The number of carbonyl (C=O) groups excluding carboxylic acids is 2. The van der Waals surface area contributed by atoms with Crippen molar-refractivity contribution in [3.05, 3.63) is 11.3 Å². The van der Waals surface area contributed by atoms with Crippen LogP contribution in [0.4, 0.5) is 0 Å². The van der Waals surface area contributed by atoms with Gasteiger partial charge in [-0.15, -0.1) is 0 Å². The molecule has 0 aromatic heterocycles. The Labute approximate surface area is 125 Å². The summed E-state index contributed by atoms with van der Waals surface area (Å²) in [5.41, 5.74) is -0.189. The van der Waals surface area contributed by atoms with Gasteiger partial charge in [0.2, 0.25) is 5.12 Å². The van der Waals surface area contributed by atoms with Crippen LogP contribution in [0.15, 0.2) is 11.3 Å². The summed E-state index contributed by atoms with van der Waals surface area (Å²) in [5.74, 6) is -0.862. The van der Waals surface area contributed by atoms with E-state index in [1.165, 1.54) is 32.8 Å². The standard InChI is InChI=1S/C15H24O4S/c1-4-5-6-7-8-9-10-15(2)12(16)11(13(17)19-3)14(18)20-15/h16H,4-10H2,1-3H3. The molecular formula is C15H24O4S. The van der Waals surface area contributed by atoms with Gasteiger partial charge in [-0.05, 0) is 13.3 Å². The van der Waals surface area contributed by atoms with Crippen molar-refractivity contribution in [1.29, 1.82) is 0 Å². The number of hydrogen-bond acceptors (Lipinski definition) is 5. The van der Waals surface area contributed by atoms with Crippen LogP contribution < -0.4 is 0 Å². The van der Waals surface area contributed by atoms with Crippen molar-refractivity contribution >= 4 is 22.8 Å². The molecule has 0 bridgehead atoms. The summed E-state index contributed by atoms with van der Waals surface area (Å²) in [7, 11) is 1.21. The monoisotopic (exact) mass is 300 g/mol. The van der Waals surface area contributed by atoms with Gasteiger partial charge in [-0.1, -0.05) is 57.2 Å². The summed E-state index contributed by atoms with van der Waals surface area (Å²) < 4.78 is 3.87. The number of aliphatic hydroxyl groups is 1. The fourth-order valence-corrected chi connectivity index (χ4v) is 3.50. The second-order valence-corrected chi connectivity index (χ2v) is 6.83. The van der Waals surface area contributed by atoms with Crippen LogP contribution in [-0.4, -0.2) is 28.0 Å². The number of carbonyl (C=O) groups is 2. The van der Waals surface area contributed by atoms with Gasteiger partial charge in [0.05, 0.1) is 11.9 Å². The van der Waals surface area contributed by atoms with Crippen LogP contribution in [0, 0.1) is 0 Å². The molecule has 0 amide bonds. The first-order valence-corrected chi connectivity index (χ1v) is 8.03. The highest BCUT2D eigenvalue weighted by molar-refractivity contribution is 8.16. The van der Waals surface area contributed by atoms with E-state index in [1.807, 2.05) is 6.92 Å². The van der Waals surface area contributed by atoms with Gasteiger partial charge in [0.1, 0.15) is 5.76 Å². The van der Waals surface area contributed by atoms with Crippen LogP contribution in [0.5, 0.6) is 0 Å². The van der Waals surface area contributed by atoms with E-state index in [4.69, 9.17) is 0 Å². The van der Waals surface area contributed by atoms with Crippen LogP contribution >= 0.6 is 11.8 Å². The van der Waals surface area contributed by atoms with Crippen molar-refractivity contribution in [2.75, 3.05) is 7.11 Å². The minimum atomic E-state index is -0.744. The average molecular weight is 300 g/mol. The molecule has 0 aromatic carbocycles. The van der Waals surface area contributed by atoms with E-state index in [1.54, 1.807) is 0 Å². The number of hydrogen-bond donors (Lipinski definition) is 1. The molecule has 0 radical (unpaired) electrons. The van der Waals surface area contributed by atoms with Gasteiger partial charge < -0.3 is 9.84 Å². The largest absolute Gasteiger partial charge is 0.510 e. The third kappa shape index (κ3) is 4.01. The lowest BCUT2D eigenvalue weighted by Crippen LogP contribution is -2.21. The van der Waals surface area contributed by atoms with E-state index in [0.717, 1.165) is 24.6 Å². The highest BCUT2D eigenvalue weighted by Crippen LogP contribution is 2.45. The van der Waals surface area contributed by atoms with Crippen LogP contribution in [0.1, 0.15) is 58.8 Å². The molecule has 1 aliphatic heterocycles. The Morgan fingerprint density at radius 1 is 1.25 bits per heavy atom. The molecule has 0 aromatic rings. The molecule has 0 saturated heterocycles. The van der Waals surface area contributed by atoms with Gasteiger partial charge in [0.15, 0.2) is 5.57 Å². The Morgan fingerprint density at radius 2 is 1.85 bits per heavy atom. The minimum Gasteiger partial charge on any atom is -0.510 e. The molecule has 4 nitrogen and oxygen atoms in total. The quantitative estimate of drug-likeness (QED) is 0.420. The minimum absolute atomic E-state index is 0.118. The van der Waals surface area contributed by atoms with Crippen molar-refractivity contribution < 1.29 is 19.4 Å². The van der Waals surface area contributed by atoms with E-state index in [-0.39, 0.29) is 16.4 Å². The van der Waals surface area contributed by atoms with Crippen LogP contribution in [0.2, 0.25) is 0 Å². The average Bonchev–Trinajstić information content (AvgIpc) is 2.64. The maximum atomic E-state index is 11.8. The summed E-state index contributed by atoms with van der Waals surface area (Å²) in [6, 6.07) is 0. The van der Waals surface area contributed by atoms with E-state index >= 15 is 0 Å². The molecule has 1 rings (SSSR count). The summed E-state index contributed by atoms with van der Waals surface area (Å²) >= 11 is 1.03. The first-order valence-electron chi connectivity index (χ1n) is 7.21. The number of aliphatic hydroxyl groups excluding tert-OH is 1. The number of unbranched alkanes of at least 4 members (excludes halogenated alkanes) is 5. The predicted octanol–water partition coefficient (Wildman–Crippen LogP) is 3.75. The fraction of sp³-hybridized carbons (Fsp3) is 0.733. The Hall–Kier alpha value is -0.970. The molecule has 1 N–H and O–H groups in total. The van der Waals surface area contributed by atoms with Gasteiger partial charge in [-0.3, -0.25) is 4.79 Å². The van der Waals surface area contributed by atoms with Gasteiger partial charge in [0, 0.05) is 0 Å². The van der Waals surface area contributed by atoms with Crippen molar-refractivity contribution in [1.82, 2.24) is 0 Å². The third-order valence-electron chi connectivity index (χ3n) is 3.66. The van der Waals surface area contributed by atoms with E-state index in [2.05, 4.69) is 11.7 Å². The number of ether oxygens (including phenoxy) is 1. The summed E-state index contributed by atoms with van der Waals surface area (Å²) in [6.07, 6.45) is 7.60. The number of thioether (sulfide) groups is 1. The van der Waals surface area contributed by atoms with E-state index in [9.17, 15) is 14.7 Å². The zero-order valence-corrected chi connectivity index (χ0v) is 13.3. The Bertz CT molecular complexity index is 403. The molecule has 1 unspecified atom stereocenters. The molecule has 1 heterocycles. The second kappa shape index (κ2) is 7.72. The maximum Gasteiger partial charge on any atom is 0.345 e. The van der Waals surface area contributed by atoms with E-state index < -0.39 is 10.7 Å². The predicted molar refractivity (Wildman–Crippen MR) is 80.7 cm³/mol. The lowest BCUT2D eigenvalue weighted by Gasteiger charge is -2.22. The highest BCUT2D eigenvalue weighted by Gasteiger charge is 2.46. The van der Waals surface area contributed by atoms with Gasteiger partial charge in [-0.25, -0.2) is 4.79 Å². The van der Waals surface area contributed by atoms with Crippen molar-refractivity contribution in [3.8, 4) is 0 Å². The van der Waals surface area contributed by atoms with E-state index in [0.29, 0.717) is 6.42 Å². The lowest BCUT2D eigenvalue weighted by atomic mass is 9.97. The molecule has 114 valence electrons. The van der Waals surface area contributed by atoms with Gasteiger partial charge >= 0.3 is 5.97 Å². The molecule has 0 spiro atoms. The van der Waals surface area contributed by atoms with Crippen molar-refractivity contribution in [3.63, 3.8) is 0 Å². The molecule has 1 atom stereocenters. The fourth-order valence-electron chi connectivity index (χ4n) is 2.36. The van der Waals surface area contributed by atoms with Crippen LogP contribution in [0.3, 0.4) is 0 Å². The zero-order chi connectivity index (χ0) is 15.2. The Balaban J connectivity index is 2.55. The summed E-state index contributed by atoms with van der Waals surface area (Å²) in [6.45, 7) is 3.99. The van der Waals surface area contributed by atoms with Gasteiger partial charge in [0.25, 0.3) is 0 Å². The molecular weight excluding hydrogens is 276 g/mol. The van der Waals surface area contributed by atoms with Crippen LogP contribution in [-0.2, 0) is 14.3 Å². The summed E-state index contributed by atoms with van der Waals surface area (Å²) in [4.78, 5) is 23.3. The molecule has 0 aliphatic carbocycles. The number of esters is 1. The molecule has 1 aliphatic rings. The zero-order valence-electron chi connectivity index (χ0n) is 12.5. The topological polar surface area (TPSA) is 63.6 Å². The molecule has 5 heteroatoms. The van der Waals surface area contributed by atoms with Crippen molar-refractivity contribution in [2.24, 2.45) is 0 Å². The summed E-state index contributed by atoms with van der Waals surface area (Å²) in [5, 5.41) is 9.77. The molecule has 0 fully saturated rings.